The van der Waals surface area contributed by atoms with Gasteiger partial charge >= 0.3 is 6.18 Å². The second-order valence-electron chi connectivity index (χ2n) is 5.78. The minimum Gasteiger partial charge on any atom is -0.327 e. The summed E-state index contributed by atoms with van der Waals surface area (Å²) < 4.78 is 51.2. The zero-order valence-electron chi connectivity index (χ0n) is 12.5. The number of hydrogen-bond donors (Lipinski definition) is 1. The van der Waals surface area contributed by atoms with Crippen molar-refractivity contribution in [2.45, 2.75) is 39.0 Å². The molecule has 1 aromatic rings. The van der Waals surface area contributed by atoms with Gasteiger partial charge in [-0.3, -0.25) is 0 Å². The van der Waals surface area contributed by atoms with E-state index in [2.05, 4.69) is 0 Å². The van der Waals surface area contributed by atoms with E-state index in [1.54, 1.807) is 7.05 Å². The van der Waals surface area contributed by atoms with Crippen LogP contribution in [-0.4, -0.2) is 24.5 Å². The lowest BCUT2D eigenvalue weighted by molar-refractivity contribution is -0.137. The van der Waals surface area contributed by atoms with Crippen molar-refractivity contribution in [1.82, 2.24) is 4.90 Å². The molecule has 1 aromatic carbocycles. The summed E-state index contributed by atoms with van der Waals surface area (Å²) in [5, 5.41) is 0. The van der Waals surface area contributed by atoms with Gasteiger partial charge in [-0.25, -0.2) is 4.39 Å². The van der Waals surface area contributed by atoms with Gasteiger partial charge in [0.05, 0.1) is 5.56 Å². The Kier molecular flexibility index (Phi) is 6.16. The Morgan fingerprint density at radius 3 is 2.33 bits per heavy atom. The van der Waals surface area contributed by atoms with Crippen molar-refractivity contribution < 1.29 is 17.6 Å². The highest BCUT2D eigenvalue weighted by Gasteiger charge is 2.31. The predicted octanol–water partition coefficient (Wildman–Crippen LogP) is 3.65. The van der Waals surface area contributed by atoms with E-state index in [0.29, 0.717) is 24.1 Å². The van der Waals surface area contributed by atoms with Gasteiger partial charge < -0.3 is 10.6 Å². The third-order valence-electron chi connectivity index (χ3n) is 3.44. The molecule has 0 aliphatic carbocycles. The van der Waals surface area contributed by atoms with Crippen molar-refractivity contribution >= 4 is 0 Å². The van der Waals surface area contributed by atoms with Gasteiger partial charge in [0, 0.05) is 12.6 Å². The molecule has 1 atom stereocenters. The summed E-state index contributed by atoms with van der Waals surface area (Å²) in [5.74, 6) is -0.517. The predicted molar refractivity (Wildman–Crippen MR) is 75.2 cm³/mol. The number of alkyl halides is 3. The molecule has 2 N–H and O–H groups in total. The lowest BCUT2D eigenvalue weighted by atomic mass is 10.0. The van der Waals surface area contributed by atoms with Crippen molar-refractivity contribution in [3.63, 3.8) is 0 Å². The number of hydrogen-bond acceptors (Lipinski definition) is 2. The summed E-state index contributed by atoms with van der Waals surface area (Å²) >= 11 is 0. The summed E-state index contributed by atoms with van der Waals surface area (Å²) in [6.07, 6.45) is -3.79. The number of halogens is 4. The fourth-order valence-electron chi connectivity index (χ4n) is 2.00. The highest BCUT2D eigenvalue weighted by atomic mass is 19.4. The van der Waals surface area contributed by atoms with Crippen molar-refractivity contribution in [1.29, 1.82) is 0 Å². The minimum atomic E-state index is -4.53. The number of benzene rings is 1. The molecule has 0 radical (unpaired) electrons. The van der Waals surface area contributed by atoms with E-state index < -0.39 is 17.6 Å². The first-order valence-corrected chi connectivity index (χ1v) is 6.90. The Morgan fingerprint density at radius 2 is 1.81 bits per heavy atom. The third kappa shape index (κ3) is 6.01. The molecular formula is C15H22F4N2. The van der Waals surface area contributed by atoms with Crippen LogP contribution >= 0.6 is 0 Å². The molecule has 0 amide bonds. The van der Waals surface area contributed by atoms with Crippen molar-refractivity contribution in [2.75, 3.05) is 13.6 Å². The Labute approximate surface area is 122 Å². The van der Waals surface area contributed by atoms with E-state index in [1.165, 1.54) is 0 Å². The maximum absolute atomic E-state index is 13.3. The van der Waals surface area contributed by atoms with Gasteiger partial charge in [-0.05, 0) is 49.7 Å². The number of rotatable bonds is 6. The average Bonchev–Trinajstić information content (AvgIpc) is 2.33. The largest absolute Gasteiger partial charge is 0.416 e. The summed E-state index contributed by atoms with van der Waals surface area (Å²) in [6.45, 7) is 4.95. The van der Waals surface area contributed by atoms with E-state index in [4.69, 9.17) is 5.73 Å². The summed E-state index contributed by atoms with van der Waals surface area (Å²) in [7, 11) is 1.78. The molecule has 0 aromatic heterocycles. The second-order valence-corrected chi connectivity index (χ2v) is 5.78. The Hall–Kier alpha value is -1.14. The molecule has 0 saturated heterocycles. The molecule has 0 aliphatic rings. The van der Waals surface area contributed by atoms with Gasteiger partial charge in [0.2, 0.25) is 0 Å². The molecule has 1 unspecified atom stereocenters. The van der Waals surface area contributed by atoms with Gasteiger partial charge in [0.25, 0.3) is 0 Å². The van der Waals surface area contributed by atoms with Crippen LogP contribution in [0, 0.1) is 11.7 Å². The Balaban J connectivity index is 2.68. The first-order chi connectivity index (χ1) is 9.59. The van der Waals surface area contributed by atoms with Crippen LogP contribution in [0.5, 0.6) is 0 Å². The fourth-order valence-corrected chi connectivity index (χ4v) is 2.00. The SMILES string of the molecule is CC(C)C(N)CCN(C)Cc1cc(F)cc(C(F)(F)F)c1. The van der Waals surface area contributed by atoms with Crippen molar-refractivity contribution in [3.05, 3.63) is 35.1 Å². The van der Waals surface area contributed by atoms with Crippen molar-refractivity contribution in [2.24, 2.45) is 11.7 Å². The Morgan fingerprint density at radius 1 is 1.19 bits per heavy atom. The van der Waals surface area contributed by atoms with E-state index in [0.717, 1.165) is 18.6 Å². The highest BCUT2D eigenvalue weighted by Crippen LogP contribution is 2.30. The molecule has 0 bridgehead atoms. The normalized spacial score (nSPS) is 14.0. The van der Waals surface area contributed by atoms with Crippen LogP contribution in [0.2, 0.25) is 0 Å². The van der Waals surface area contributed by atoms with E-state index in [9.17, 15) is 17.6 Å². The monoisotopic (exact) mass is 306 g/mol. The van der Waals surface area contributed by atoms with Crippen LogP contribution in [0.1, 0.15) is 31.4 Å². The first kappa shape index (κ1) is 17.9. The van der Waals surface area contributed by atoms with Gasteiger partial charge in [0.1, 0.15) is 5.82 Å². The fraction of sp³-hybridized carbons (Fsp3) is 0.600. The molecule has 2 nitrogen and oxygen atoms in total. The quantitative estimate of drug-likeness (QED) is 0.813. The zero-order chi connectivity index (χ0) is 16.2. The summed E-state index contributed by atoms with van der Waals surface area (Å²) in [6, 6.07) is 2.68. The smallest absolute Gasteiger partial charge is 0.327 e. The van der Waals surface area contributed by atoms with Crippen molar-refractivity contribution in [3.8, 4) is 0 Å². The molecule has 0 saturated carbocycles. The standard InChI is InChI=1S/C15H22F4N2/c1-10(2)14(20)4-5-21(3)9-11-6-12(15(17,18)19)8-13(16)7-11/h6-8,10,14H,4-5,9,20H2,1-3H3. The second kappa shape index (κ2) is 7.22. The van der Waals surface area contributed by atoms with E-state index in [1.807, 2.05) is 18.7 Å². The molecule has 21 heavy (non-hydrogen) atoms. The molecule has 0 spiro atoms. The summed E-state index contributed by atoms with van der Waals surface area (Å²) in [5.41, 5.74) is 5.28. The third-order valence-corrected chi connectivity index (χ3v) is 3.44. The highest BCUT2D eigenvalue weighted by molar-refractivity contribution is 5.26. The van der Waals surface area contributed by atoms with Gasteiger partial charge in [0.15, 0.2) is 0 Å². The van der Waals surface area contributed by atoms with Crippen LogP contribution in [0.15, 0.2) is 18.2 Å². The number of nitrogens with two attached hydrogens (primary N) is 1. The number of nitrogens with zero attached hydrogens (tertiary/aromatic N) is 1. The maximum Gasteiger partial charge on any atom is 0.416 e. The Bertz CT molecular complexity index is 457. The molecule has 120 valence electrons. The van der Waals surface area contributed by atoms with Gasteiger partial charge in [-0.1, -0.05) is 13.8 Å². The van der Waals surface area contributed by atoms with Gasteiger partial charge in [-0.15, -0.1) is 0 Å². The van der Waals surface area contributed by atoms with Gasteiger partial charge in [-0.2, -0.15) is 13.2 Å². The van der Waals surface area contributed by atoms with Crippen LogP contribution in [0.3, 0.4) is 0 Å². The van der Waals surface area contributed by atoms with Crippen LogP contribution < -0.4 is 5.73 Å². The lowest BCUT2D eigenvalue weighted by Crippen LogP contribution is -2.31. The molecule has 1 rings (SSSR count). The first-order valence-electron chi connectivity index (χ1n) is 6.90. The van der Waals surface area contributed by atoms with E-state index >= 15 is 0 Å². The topological polar surface area (TPSA) is 29.3 Å². The molecule has 0 aliphatic heterocycles. The summed E-state index contributed by atoms with van der Waals surface area (Å²) in [4.78, 5) is 1.84. The molecule has 0 heterocycles. The lowest BCUT2D eigenvalue weighted by Gasteiger charge is -2.21. The molecule has 6 heteroatoms. The average molecular weight is 306 g/mol. The van der Waals surface area contributed by atoms with Crippen LogP contribution in [0.25, 0.3) is 0 Å². The minimum absolute atomic E-state index is 0.0469. The zero-order valence-corrected chi connectivity index (χ0v) is 12.5. The molecule has 0 fully saturated rings. The molecular weight excluding hydrogens is 284 g/mol. The maximum atomic E-state index is 13.3. The van der Waals surface area contributed by atoms with E-state index in [-0.39, 0.29) is 12.6 Å². The van der Waals surface area contributed by atoms with Crippen LogP contribution in [0.4, 0.5) is 17.6 Å². The van der Waals surface area contributed by atoms with Crippen LogP contribution in [-0.2, 0) is 12.7 Å².